The van der Waals surface area contributed by atoms with E-state index in [2.05, 4.69) is 4.74 Å². The standard InChI is InChI=1S/C8H17N3O3/c9-4-2-1-3-6(11)8(13)14-7(12)5-10/h6H,1-5,9-11H2. The van der Waals surface area contributed by atoms with Gasteiger partial charge in [-0.15, -0.1) is 0 Å². The molecule has 6 heteroatoms. The van der Waals surface area contributed by atoms with Crippen LogP contribution in [0.5, 0.6) is 0 Å². The van der Waals surface area contributed by atoms with Gasteiger partial charge >= 0.3 is 11.9 Å². The molecule has 14 heavy (non-hydrogen) atoms. The van der Waals surface area contributed by atoms with Gasteiger partial charge in [0.05, 0.1) is 6.54 Å². The van der Waals surface area contributed by atoms with Crippen LogP contribution in [0, 0.1) is 0 Å². The lowest BCUT2D eigenvalue weighted by Crippen LogP contribution is -2.35. The number of rotatable bonds is 6. The number of ether oxygens (including phenoxy) is 1. The molecule has 0 aliphatic carbocycles. The summed E-state index contributed by atoms with van der Waals surface area (Å²) in [5.41, 5.74) is 15.7. The molecule has 0 aliphatic heterocycles. The van der Waals surface area contributed by atoms with E-state index in [1.54, 1.807) is 0 Å². The van der Waals surface area contributed by atoms with Crippen molar-refractivity contribution in [2.45, 2.75) is 25.3 Å². The highest BCUT2D eigenvalue weighted by atomic mass is 16.6. The normalized spacial score (nSPS) is 12.2. The molecule has 1 atom stereocenters. The Morgan fingerprint density at radius 3 is 2.36 bits per heavy atom. The Labute approximate surface area is 82.8 Å². The Hall–Kier alpha value is -0.980. The van der Waals surface area contributed by atoms with E-state index in [0.29, 0.717) is 13.0 Å². The lowest BCUT2D eigenvalue weighted by Gasteiger charge is -2.08. The molecule has 0 heterocycles. The van der Waals surface area contributed by atoms with Gasteiger partial charge < -0.3 is 21.9 Å². The van der Waals surface area contributed by atoms with Crippen molar-refractivity contribution < 1.29 is 14.3 Å². The van der Waals surface area contributed by atoms with Crippen LogP contribution in [0.25, 0.3) is 0 Å². The molecule has 1 unspecified atom stereocenters. The predicted molar refractivity (Wildman–Crippen MR) is 51.0 cm³/mol. The number of carbonyl (C=O) groups excluding carboxylic acids is 2. The molecule has 0 aromatic carbocycles. The third-order valence-corrected chi connectivity index (χ3v) is 1.65. The molecule has 0 aromatic rings. The zero-order chi connectivity index (χ0) is 11.0. The van der Waals surface area contributed by atoms with Crippen LogP contribution in [0.1, 0.15) is 19.3 Å². The summed E-state index contributed by atoms with van der Waals surface area (Å²) in [6.45, 7) is 0.241. The third kappa shape index (κ3) is 5.63. The molecule has 6 nitrogen and oxygen atoms in total. The van der Waals surface area contributed by atoms with Gasteiger partial charge in [-0.1, -0.05) is 6.42 Å². The highest BCUT2D eigenvalue weighted by Gasteiger charge is 2.17. The highest BCUT2D eigenvalue weighted by Crippen LogP contribution is 1.99. The minimum atomic E-state index is -0.767. The predicted octanol–water partition coefficient (Wildman–Crippen LogP) is -1.53. The van der Waals surface area contributed by atoms with E-state index in [9.17, 15) is 9.59 Å². The van der Waals surface area contributed by atoms with E-state index in [1.165, 1.54) is 0 Å². The summed E-state index contributed by atoms with van der Waals surface area (Å²) in [4.78, 5) is 21.7. The van der Waals surface area contributed by atoms with Crippen molar-refractivity contribution in [2.75, 3.05) is 13.1 Å². The summed E-state index contributed by atoms with van der Waals surface area (Å²) in [5, 5.41) is 0. The SMILES string of the molecule is NCCCCC(N)C(=O)OC(=O)CN. The van der Waals surface area contributed by atoms with Gasteiger partial charge in [-0.05, 0) is 19.4 Å². The molecular weight excluding hydrogens is 186 g/mol. The molecule has 0 radical (unpaired) electrons. The summed E-state index contributed by atoms with van der Waals surface area (Å²) >= 11 is 0. The Bertz CT molecular complexity index is 196. The molecule has 6 N–H and O–H groups in total. The monoisotopic (exact) mass is 203 g/mol. The summed E-state index contributed by atoms with van der Waals surface area (Å²) in [5.74, 6) is -1.48. The lowest BCUT2D eigenvalue weighted by atomic mass is 10.1. The minimum Gasteiger partial charge on any atom is -0.391 e. The molecule has 0 saturated heterocycles. The number of hydrogen-bond donors (Lipinski definition) is 3. The molecule has 0 aliphatic rings. The van der Waals surface area contributed by atoms with Crippen LogP contribution in [0.4, 0.5) is 0 Å². The second kappa shape index (κ2) is 7.43. The Morgan fingerprint density at radius 2 is 1.86 bits per heavy atom. The van der Waals surface area contributed by atoms with Crippen LogP contribution in [0.15, 0.2) is 0 Å². The Balaban J connectivity index is 3.70. The average Bonchev–Trinajstić information content (AvgIpc) is 2.17. The van der Waals surface area contributed by atoms with E-state index in [-0.39, 0.29) is 6.54 Å². The van der Waals surface area contributed by atoms with Gasteiger partial charge in [-0.3, -0.25) is 4.79 Å². The third-order valence-electron chi connectivity index (χ3n) is 1.65. The molecule has 0 aromatic heterocycles. The van der Waals surface area contributed by atoms with Crippen molar-refractivity contribution in [2.24, 2.45) is 17.2 Å². The molecule has 0 spiro atoms. The smallest absolute Gasteiger partial charge is 0.330 e. The van der Waals surface area contributed by atoms with Crippen LogP contribution in [0.2, 0.25) is 0 Å². The second-order valence-corrected chi connectivity index (χ2v) is 2.89. The first-order valence-electron chi connectivity index (χ1n) is 4.52. The summed E-state index contributed by atoms with van der Waals surface area (Å²) in [6.07, 6.45) is 2.00. The first kappa shape index (κ1) is 13.0. The van der Waals surface area contributed by atoms with Crippen molar-refractivity contribution in [3.8, 4) is 0 Å². The van der Waals surface area contributed by atoms with Crippen molar-refractivity contribution in [3.05, 3.63) is 0 Å². The molecule has 0 rings (SSSR count). The molecule has 0 amide bonds. The largest absolute Gasteiger partial charge is 0.391 e. The minimum absolute atomic E-state index is 0.318. The fourth-order valence-corrected chi connectivity index (χ4v) is 0.856. The van der Waals surface area contributed by atoms with Crippen molar-refractivity contribution in [1.82, 2.24) is 0 Å². The van der Waals surface area contributed by atoms with Crippen molar-refractivity contribution in [3.63, 3.8) is 0 Å². The number of esters is 2. The van der Waals surface area contributed by atoms with Gasteiger partial charge in [0.2, 0.25) is 0 Å². The van der Waals surface area contributed by atoms with Gasteiger partial charge in [0.1, 0.15) is 6.04 Å². The zero-order valence-electron chi connectivity index (χ0n) is 8.07. The molecule has 0 fully saturated rings. The van der Waals surface area contributed by atoms with E-state index in [1.807, 2.05) is 0 Å². The summed E-state index contributed by atoms with van der Waals surface area (Å²) in [6, 6.07) is -0.767. The van der Waals surface area contributed by atoms with Crippen LogP contribution in [-0.2, 0) is 14.3 Å². The second-order valence-electron chi connectivity index (χ2n) is 2.89. The van der Waals surface area contributed by atoms with E-state index >= 15 is 0 Å². The van der Waals surface area contributed by atoms with Gasteiger partial charge in [-0.2, -0.15) is 0 Å². The first-order chi connectivity index (χ1) is 6.61. The van der Waals surface area contributed by atoms with Gasteiger partial charge in [0.25, 0.3) is 0 Å². The maximum atomic E-state index is 11.1. The van der Waals surface area contributed by atoms with E-state index in [0.717, 1.165) is 12.8 Å². The van der Waals surface area contributed by atoms with Gasteiger partial charge in [0, 0.05) is 0 Å². The van der Waals surface area contributed by atoms with Crippen LogP contribution in [-0.4, -0.2) is 31.1 Å². The Morgan fingerprint density at radius 1 is 1.21 bits per heavy atom. The average molecular weight is 203 g/mol. The fourth-order valence-electron chi connectivity index (χ4n) is 0.856. The quantitative estimate of drug-likeness (QED) is 0.273. The molecule has 82 valence electrons. The number of hydrogen-bond acceptors (Lipinski definition) is 6. The van der Waals surface area contributed by atoms with Crippen LogP contribution < -0.4 is 17.2 Å². The first-order valence-corrected chi connectivity index (χ1v) is 4.52. The van der Waals surface area contributed by atoms with Crippen LogP contribution in [0.3, 0.4) is 0 Å². The van der Waals surface area contributed by atoms with E-state index < -0.39 is 18.0 Å². The van der Waals surface area contributed by atoms with Crippen LogP contribution >= 0.6 is 0 Å². The molecule has 0 bridgehead atoms. The zero-order valence-corrected chi connectivity index (χ0v) is 8.07. The van der Waals surface area contributed by atoms with Crippen molar-refractivity contribution in [1.29, 1.82) is 0 Å². The number of unbranched alkanes of at least 4 members (excludes halogenated alkanes) is 1. The maximum absolute atomic E-state index is 11.1. The number of carbonyl (C=O) groups is 2. The number of nitrogens with two attached hydrogens (primary N) is 3. The molecular formula is C8H17N3O3. The van der Waals surface area contributed by atoms with Crippen molar-refractivity contribution >= 4 is 11.9 Å². The Kier molecular flexibility index (Phi) is 6.91. The summed E-state index contributed by atoms with van der Waals surface area (Å²) < 4.78 is 4.33. The topological polar surface area (TPSA) is 121 Å². The highest BCUT2D eigenvalue weighted by molar-refractivity contribution is 5.88. The van der Waals surface area contributed by atoms with Gasteiger partial charge in [-0.25, -0.2) is 4.79 Å². The molecule has 0 saturated carbocycles. The summed E-state index contributed by atoms with van der Waals surface area (Å²) in [7, 11) is 0. The lowest BCUT2D eigenvalue weighted by molar-refractivity contribution is -0.159. The fraction of sp³-hybridized carbons (Fsp3) is 0.750. The van der Waals surface area contributed by atoms with E-state index in [4.69, 9.17) is 17.2 Å². The van der Waals surface area contributed by atoms with Gasteiger partial charge in [0.15, 0.2) is 0 Å². The maximum Gasteiger partial charge on any atom is 0.330 e.